The standard InChI is InChI=1S/C16H20ClN5O3S/c1-3-16(2,9-25-13-11(17)5-4-6-19-13)22-14(24)21-15-20-10(8-26-15)7-12(18)23/h4-6,8H,3,7,9H2,1-2H3,(H2,18,23)(H2,20,21,22,24). The van der Waals surface area contributed by atoms with E-state index in [0.717, 1.165) is 0 Å². The van der Waals surface area contributed by atoms with E-state index < -0.39 is 17.5 Å². The Morgan fingerprint density at radius 3 is 2.88 bits per heavy atom. The van der Waals surface area contributed by atoms with Crippen molar-refractivity contribution >= 4 is 40.0 Å². The molecule has 0 aromatic carbocycles. The molecular weight excluding hydrogens is 378 g/mol. The summed E-state index contributed by atoms with van der Waals surface area (Å²) in [4.78, 5) is 31.3. The van der Waals surface area contributed by atoms with Gasteiger partial charge in [0.05, 0.1) is 17.7 Å². The molecule has 26 heavy (non-hydrogen) atoms. The molecule has 0 aliphatic rings. The van der Waals surface area contributed by atoms with Crippen LogP contribution in [0.5, 0.6) is 5.88 Å². The number of primary amides is 1. The average Bonchev–Trinajstić information content (AvgIpc) is 3.00. The minimum Gasteiger partial charge on any atom is -0.474 e. The molecule has 140 valence electrons. The predicted molar refractivity (Wildman–Crippen MR) is 101 cm³/mol. The van der Waals surface area contributed by atoms with Crippen LogP contribution >= 0.6 is 22.9 Å². The van der Waals surface area contributed by atoms with Crippen LogP contribution in [0.4, 0.5) is 9.93 Å². The van der Waals surface area contributed by atoms with Gasteiger partial charge in [0.2, 0.25) is 11.8 Å². The molecule has 0 fully saturated rings. The number of nitrogens with two attached hydrogens (primary N) is 1. The zero-order valence-corrected chi connectivity index (χ0v) is 16.0. The lowest BCUT2D eigenvalue weighted by molar-refractivity contribution is -0.117. The first kappa shape index (κ1) is 19.9. The van der Waals surface area contributed by atoms with E-state index in [-0.39, 0.29) is 13.0 Å². The molecule has 10 heteroatoms. The van der Waals surface area contributed by atoms with Crippen LogP contribution in [0.1, 0.15) is 26.0 Å². The quantitative estimate of drug-likeness (QED) is 0.632. The minimum atomic E-state index is -0.641. The van der Waals surface area contributed by atoms with Crippen LogP contribution in [0.3, 0.4) is 0 Å². The van der Waals surface area contributed by atoms with E-state index in [2.05, 4.69) is 20.6 Å². The van der Waals surface area contributed by atoms with Crippen LogP contribution in [0.25, 0.3) is 0 Å². The van der Waals surface area contributed by atoms with Gasteiger partial charge in [-0.25, -0.2) is 14.8 Å². The summed E-state index contributed by atoms with van der Waals surface area (Å²) >= 11 is 7.24. The number of rotatable bonds is 8. The number of aromatic nitrogens is 2. The molecule has 3 amide bonds. The number of hydrogen-bond donors (Lipinski definition) is 3. The molecule has 0 aliphatic carbocycles. The number of carbonyl (C=O) groups is 2. The van der Waals surface area contributed by atoms with Crippen molar-refractivity contribution in [3.05, 3.63) is 34.4 Å². The van der Waals surface area contributed by atoms with Crippen LogP contribution in [-0.2, 0) is 11.2 Å². The van der Waals surface area contributed by atoms with Crippen LogP contribution < -0.4 is 21.1 Å². The van der Waals surface area contributed by atoms with Crippen molar-refractivity contribution in [2.24, 2.45) is 5.73 Å². The molecule has 1 atom stereocenters. The first-order chi connectivity index (χ1) is 12.3. The maximum Gasteiger partial charge on any atom is 0.321 e. The fraction of sp³-hybridized carbons (Fsp3) is 0.375. The zero-order valence-electron chi connectivity index (χ0n) is 14.4. The van der Waals surface area contributed by atoms with E-state index in [1.54, 1.807) is 23.7 Å². The fourth-order valence-corrected chi connectivity index (χ4v) is 2.84. The molecule has 0 spiro atoms. The largest absolute Gasteiger partial charge is 0.474 e. The Morgan fingerprint density at radius 1 is 1.46 bits per heavy atom. The summed E-state index contributed by atoms with van der Waals surface area (Å²) in [5.41, 5.74) is 5.00. The Labute approximate surface area is 160 Å². The number of ether oxygens (including phenoxy) is 1. The van der Waals surface area contributed by atoms with E-state index in [1.165, 1.54) is 11.3 Å². The molecule has 2 aromatic heterocycles. The highest BCUT2D eigenvalue weighted by Gasteiger charge is 2.26. The summed E-state index contributed by atoms with van der Waals surface area (Å²) in [5, 5.41) is 7.96. The van der Waals surface area contributed by atoms with Crippen molar-refractivity contribution in [3.8, 4) is 5.88 Å². The maximum atomic E-state index is 12.3. The van der Waals surface area contributed by atoms with Gasteiger partial charge in [-0.1, -0.05) is 18.5 Å². The van der Waals surface area contributed by atoms with Crippen LogP contribution in [0, 0.1) is 0 Å². The zero-order chi connectivity index (χ0) is 19.2. The summed E-state index contributed by atoms with van der Waals surface area (Å²) in [6.07, 6.45) is 2.23. The van der Waals surface area contributed by atoms with Crippen molar-refractivity contribution in [1.29, 1.82) is 0 Å². The van der Waals surface area contributed by atoms with Gasteiger partial charge in [-0.2, -0.15) is 0 Å². The van der Waals surface area contributed by atoms with Gasteiger partial charge in [-0.15, -0.1) is 11.3 Å². The van der Waals surface area contributed by atoms with Crippen LogP contribution in [-0.4, -0.2) is 34.1 Å². The van der Waals surface area contributed by atoms with E-state index in [9.17, 15) is 9.59 Å². The Morgan fingerprint density at radius 2 is 2.23 bits per heavy atom. The van der Waals surface area contributed by atoms with Gasteiger partial charge < -0.3 is 15.8 Å². The lowest BCUT2D eigenvalue weighted by atomic mass is 10.0. The lowest BCUT2D eigenvalue weighted by Gasteiger charge is -2.29. The second-order valence-electron chi connectivity index (χ2n) is 5.86. The van der Waals surface area contributed by atoms with Gasteiger partial charge in [-0.3, -0.25) is 10.1 Å². The van der Waals surface area contributed by atoms with E-state index >= 15 is 0 Å². The highest BCUT2D eigenvalue weighted by molar-refractivity contribution is 7.13. The summed E-state index contributed by atoms with van der Waals surface area (Å²) < 4.78 is 5.64. The molecule has 0 saturated heterocycles. The fourth-order valence-electron chi connectivity index (χ4n) is 1.96. The first-order valence-electron chi connectivity index (χ1n) is 7.86. The third-order valence-corrected chi connectivity index (χ3v) is 4.67. The van der Waals surface area contributed by atoms with Crippen molar-refractivity contribution in [2.75, 3.05) is 11.9 Å². The Bertz CT molecular complexity index is 785. The topological polar surface area (TPSA) is 119 Å². The van der Waals surface area contributed by atoms with Crippen LogP contribution in [0.15, 0.2) is 23.7 Å². The second kappa shape index (κ2) is 8.81. The third-order valence-electron chi connectivity index (χ3n) is 3.58. The molecule has 0 radical (unpaired) electrons. The number of amides is 3. The number of pyridine rings is 1. The number of nitrogens with one attached hydrogen (secondary N) is 2. The molecule has 2 heterocycles. The average molecular weight is 398 g/mol. The molecule has 0 saturated carbocycles. The second-order valence-corrected chi connectivity index (χ2v) is 7.12. The highest BCUT2D eigenvalue weighted by atomic mass is 35.5. The smallest absolute Gasteiger partial charge is 0.321 e. The minimum absolute atomic E-state index is 0.0329. The Balaban J connectivity index is 1.92. The number of carbonyl (C=O) groups excluding carboxylic acids is 2. The van der Waals surface area contributed by atoms with Crippen molar-refractivity contribution in [2.45, 2.75) is 32.2 Å². The SMILES string of the molecule is CCC(C)(COc1ncccc1Cl)NC(=O)Nc1nc(CC(N)=O)cs1. The number of anilines is 1. The molecule has 4 N–H and O–H groups in total. The van der Waals surface area contributed by atoms with Gasteiger partial charge >= 0.3 is 6.03 Å². The molecule has 0 aliphatic heterocycles. The van der Waals surface area contributed by atoms with Crippen molar-refractivity contribution in [3.63, 3.8) is 0 Å². The molecule has 1 unspecified atom stereocenters. The number of hydrogen-bond acceptors (Lipinski definition) is 6. The normalized spacial score (nSPS) is 12.9. The number of thiazole rings is 1. The Hall–Kier alpha value is -2.39. The predicted octanol–water partition coefficient (Wildman–Crippen LogP) is 2.59. The molecule has 0 bridgehead atoms. The van der Waals surface area contributed by atoms with Crippen LogP contribution in [0.2, 0.25) is 5.02 Å². The number of nitrogens with zero attached hydrogens (tertiary/aromatic N) is 2. The van der Waals surface area contributed by atoms with Gasteiger partial charge in [0.1, 0.15) is 11.6 Å². The molecular formula is C16H20ClN5O3S. The van der Waals surface area contributed by atoms with E-state index in [0.29, 0.717) is 28.1 Å². The summed E-state index contributed by atoms with van der Waals surface area (Å²) in [5.74, 6) is -0.165. The maximum absolute atomic E-state index is 12.3. The highest BCUT2D eigenvalue weighted by Crippen LogP contribution is 2.22. The summed E-state index contributed by atoms with van der Waals surface area (Å²) in [6.45, 7) is 3.97. The Kier molecular flexibility index (Phi) is 6.76. The lowest BCUT2D eigenvalue weighted by Crippen LogP contribution is -2.51. The van der Waals surface area contributed by atoms with Gasteiger partial charge in [0.15, 0.2) is 5.13 Å². The van der Waals surface area contributed by atoms with E-state index in [1.807, 2.05) is 13.8 Å². The van der Waals surface area contributed by atoms with Gasteiger partial charge in [0.25, 0.3) is 0 Å². The first-order valence-corrected chi connectivity index (χ1v) is 9.12. The summed E-state index contributed by atoms with van der Waals surface area (Å²) in [6, 6.07) is 2.96. The van der Waals surface area contributed by atoms with Crippen molar-refractivity contribution in [1.82, 2.24) is 15.3 Å². The third kappa shape index (κ3) is 5.85. The summed E-state index contributed by atoms with van der Waals surface area (Å²) in [7, 11) is 0. The molecule has 2 aromatic rings. The van der Waals surface area contributed by atoms with Gasteiger partial charge in [0, 0.05) is 11.6 Å². The number of urea groups is 1. The van der Waals surface area contributed by atoms with E-state index in [4.69, 9.17) is 22.1 Å². The number of halogens is 1. The van der Waals surface area contributed by atoms with Crippen molar-refractivity contribution < 1.29 is 14.3 Å². The molecule has 8 nitrogen and oxygen atoms in total. The monoisotopic (exact) mass is 397 g/mol. The molecule has 2 rings (SSSR count). The van der Waals surface area contributed by atoms with Gasteiger partial charge in [-0.05, 0) is 25.5 Å².